The summed E-state index contributed by atoms with van der Waals surface area (Å²) in [5, 5.41) is 5.45. The number of nitrogens with one attached hydrogen (secondary N) is 1. The normalized spacial score (nSPS) is 13.2. The van der Waals surface area contributed by atoms with Crippen LogP contribution in [-0.4, -0.2) is 62.1 Å². The minimum Gasteiger partial charge on any atom is -0.333 e. The summed E-state index contributed by atoms with van der Waals surface area (Å²) >= 11 is 5.38. The highest BCUT2D eigenvalue weighted by Crippen LogP contribution is 1.99. The summed E-state index contributed by atoms with van der Waals surface area (Å²) < 4.78 is 24.1. The fourth-order valence-electron chi connectivity index (χ4n) is 1.05. The molecular formula is C8H17ClN4O4S. The highest BCUT2D eigenvalue weighted by molar-refractivity contribution is 7.89. The van der Waals surface area contributed by atoms with Gasteiger partial charge in [-0.15, -0.1) is 16.5 Å². The molecule has 0 aliphatic rings. The first kappa shape index (κ1) is 17.1. The number of alkyl halides is 1. The summed E-state index contributed by atoms with van der Waals surface area (Å²) in [6.07, 6.45) is 0. The van der Waals surface area contributed by atoms with E-state index in [1.165, 1.54) is 21.0 Å². The van der Waals surface area contributed by atoms with Crippen LogP contribution < -0.4 is 5.32 Å². The van der Waals surface area contributed by atoms with Crippen molar-refractivity contribution in [3.63, 3.8) is 0 Å². The lowest BCUT2D eigenvalue weighted by Gasteiger charge is -2.19. The van der Waals surface area contributed by atoms with Crippen molar-refractivity contribution in [3.8, 4) is 0 Å². The van der Waals surface area contributed by atoms with E-state index in [1.54, 1.807) is 0 Å². The van der Waals surface area contributed by atoms with E-state index in [0.29, 0.717) is 5.01 Å². The van der Waals surface area contributed by atoms with Gasteiger partial charge in [0, 0.05) is 26.0 Å². The fraction of sp³-hybridized carbons (Fsp3) is 0.875. The molecule has 1 N–H and O–H groups in total. The van der Waals surface area contributed by atoms with Crippen molar-refractivity contribution in [1.82, 2.24) is 14.6 Å². The number of rotatable bonds is 7. The smallest absolute Gasteiger partial charge is 0.333 e. The van der Waals surface area contributed by atoms with Crippen molar-refractivity contribution < 1.29 is 13.2 Å². The van der Waals surface area contributed by atoms with Crippen molar-refractivity contribution in [3.05, 3.63) is 4.91 Å². The average molecular weight is 301 g/mol. The Labute approximate surface area is 111 Å². The van der Waals surface area contributed by atoms with Gasteiger partial charge in [0.2, 0.25) is 10.0 Å². The molecule has 0 aromatic rings. The van der Waals surface area contributed by atoms with E-state index in [9.17, 15) is 18.1 Å². The molecule has 0 bridgehead atoms. The first-order valence-electron chi connectivity index (χ1n) is 5.12. The quantitative estimate of drug-likeness (QED) is 0.412. The zero-order chi connectivity index (χ0) is 14.3. The maximum atomic E-state index is 11.5. The van der Waals surface area contributed by atoms with E-state index >= 15 is 0 Å². The van der Waals surface area contributed by atoms with E-state index in [0.717, 1.165) is 4.31 Å². The molecule has 0 aromatic carbocycles. The maximum absolute atomic E-state index is 11.5. The Hall–Kier alpha value is -0.930. The topological polar surface area (TPSA) is 99.2 Å². The second kappa shape index (κ2) is 7.49. The van der Waals surface area contributed by atoms with Crippen LogP contribution in [-0.2, 0) is 10.0 Å². The molecule has 8 nitrogen and oxygen atoms in total. The standard InChI is InChI=1S/C8H17ClN4O4S/c1-7(6-18(16,17)12(2)3)10-8(14)13(11-15)5-4-9/h7H,4-6H2,1-3H3,(H,10,14). The SMILES string of the molecule is CC(CS(=O)(=O)N(C)C)NC(=O)N(CCCl)N=O. The third-order valence-electron chi connectivity index (χ3n) is 2.02. The van der Waals surface area contributed by atoms with Crippen molar-refractivity contribution in [2.75, 3.05) is 32.3 Å². The number of nitroso groups, excluding NO2 is 1. The summed E-state index contributed by atoms with van der Waals surface area (Å²) in [5.41, 5.74) is 0. The van der Waals surface area contributed by atoms with Gasteiger partial charge in [-0.05, 0) is 6.92 Å². The molecule has 0 aliphatic carbocycles. The predicted octanol–water partition coefficient (Wildman–Crippen LogP) is 0.198. The van der Waals surface area contributed by atoms with E-state index in [-0.39, 0.29) is 18.2 Å². The highest BCUT2D eigenvalue weighted by atomic mass is 35.5. The third-order valence-corrected chi connectivity index (χ3v) is 4.22. The van der Waals surface area contributed by atoms with Gasteiger partial charge in [0.05, 0.1) is 17.6 Å². The van der Waals surface area contributed by atoms with Crippen LogP contribution in [0, 0.1) is 4.91 Å². The molecule has 10 heteroatoms. The molecule has 1 atom stereocenters. The Morgan fingerprint density at radius 1 is 1.44 bits per heavy atom. The Bertz CT molecular complexity index is 387. The van der Waals surface area contributed by atoms with Gasteiger partial charge in [0.1, 0.15) is 0 Å². The van der Waals surface area contributed by atoms with Gasteiger partial charge in [-0.1, -0.05) is 0 Å². The lowest BCUT2D eigenvalue weighted by molar-refractivity contribution is 0.200. The molecule has 2 amide bonds. The Balaban J connectivity index is 4.44. The first-order chi connectivity index (χ1) is 8.24. The molecular weight excluding hydrogens is 284 g/mol. The molecule has 18 heavy (non-hydrogen) atoms. The third kappa shape index (κ3) is 5.61. The van der Waals surface area contributed by atoms with Gasteiger partial charge in [-0.3, -0.25) is 0 Å². The molecule has 0 radical (unpaired) electrons. The number of nitrogens with zero attached hydrogens (tertiary/aromatic N) is 3. The van der Waals surface area contributed by atoms with E-state index in [2.05, 4.69) is 10.6 Å². The Morgan fingerprint density at radius 2 is 2.00 bits per heavy atom. The fourth-order valence-corrected chi connectivity index (χ4v) is 2.22. The van der Waals surface area contributed by atoms with Crippen LogP contribution >= 0.6 is 11.6 Å². The summed E-state index contributed by atoms with van der Waals surface area (Å²) in [4.78, 5) is 21.8. The largest absolute Gasteiger partial charge is 0.340 e. The van der Waals surface area contributed by atoms with Crippen LogP contribution in [0.3, 0.4) is 0 Å². The molecule has 106 valence electrons. The molecule has 0 fully saturated rings. The number of carbonyl (C=O) groups is 1. The number of urea groups is 1. The van der Waals surface area contributed by atoms with Crippen molar-refractivity contribution >= 4 is 27.7 Å². The van der Waals surface area contributed by atoms with Crippen molar-refractivity contribution in [2.45, 2.75) is 13.0 Å². The minimum atomic E-state index is -3.42. The van der Waals surface area contributed by atoms with Crippen molar-refractivity contribution in [2.24, 2.45) is 5.29 Å². The molecule has 0 aliphatic heterocycles. The molecule has 0 spiro atoms. The molecule has 0 saturated carbocycles. The van der Waals surface area contributed by atoms with E-state index < -0.39 is 22.1 Å². The van der Waals surface area contributed by atoms with Crippen LogP contribution in [0.25, 0.3) is 0 Å². The number of sulfonamides is 1. The van der Waals surface area contributed by atoms with Crippen LogP contribution in [0.15, 0.2) is 5.29 Å². The summed E-state index contributed by atoms with van der Waals surface area (Å²) in [5.74, 6) is -0.206. The Kier molecular flexibility index (Phi) is 7.11. The second-order valence-electron chi connectivity index (χ2n) is 3.81. The van der Waals surface area contributed by atoms with Gasteiger partial charge in [-0.2, -0.15) is 5.01 Å². The number of hydrogen-bond acceptors (Lipinski definition) is 5. The van der Waals surface area contributed by atoms with Crippen LogP contribution in [0.5, 0.6) is 0 Å². The Morgan fingerprint density at radius 3 is 2.39 bits per heavy atom. The summed E-state index contributed by atoms with van der Waals surface area (Å²) in [6.45, 7) is 1.48. The van der Waals surface area contributed by atoms with Crippen LogP contribution in [0.1, 0.15) is 6.92 Å². The molecule has 0 rings (SSSR count). The van der Waals surface area contributed by atoms with Gasteiger partial charge in [0.15, 0.2) is 0 Å². The predicted molar refractivity (Wildman–Crippen MR) is 68.7 cm³/mol. The van der Waals surface area contributed by atoms with Gasteiger partial charge in [0.25, 0.3) is 0 Å². The van der Waals surface area contributed by atoms with Crippen LogP contribution in [0.2, 0.25) is 0 Å². The molecule has 0 saturated heterocycles. The summed E-state index contributed by atoms with van der Waals surface area (Å²) in [7, 11) is -0.624. The lowest BCUT2D eigenvalue weighted by Crippen LogP contribution is -2.45. The maximum Gasteiger partial charge on any atom is 0.340 e. The van der Waals surface area contributed by atoms with Gasteiger partial charge in [-0.25, -0.2) is 17.5 Å². The average Bonchev–Trinajstić information content (AvgIpc) is 2.24. The molecule has 1 unspecified atom stereocenters. The van der Waals surface area contributed by atoms with Crippen molar-refractivity contribution in [1.29, 1.82) is 0 Å². The van der Waals surface area contributed by atoms with E-state index in [4.69, 9.17) is 11.6 Å². The number of hydrogen-bond donors (Lipinski definition) is 1. The number of halogens is 1. The zero-order valence-corrected chi connectivity index (χ0v) is 12.0. The monoisotopic (exact) mass is 300 g/mol. The molecule has 0 aromatic heterocycles. The molecule has 0 heterocycles. The van der Waals surface area contributed by atoms with Crippen LogP contribution in [0.4, 0.5) is 4.79 Å². The zero-order valence-electron chi connectivity index (χ0n) is 10.5. The van der Waals surface area contributed by atoms with Gasteiger partial charge < -0.3 is 5.32 Å². The van der Waals surface area contributed by atoms with Gasteiger partial charge >= 0.3 is 6.03 Å². The number of amides is 2. The van der Waals surface area contributed by atoms with E-state index in [1.807, 2.05) is 0 Å². The highest BCUT2D eigenvalue weighted by Gasteiger charge is 2.21. The summed E-state index contributed by atoms with van der Waals surface area (Å²) in [6, 6.07) is -1.42. The first-order valence-corrected chi connectivity index (χ1v) is 7.26. The number of carbonyl (C=O) groups excluding carboxylic acids is 1. The minimum absolute atomic E-state index is 0.0377. The lowest BCUT2D eigenvalue weighted by atomic mass is 10.4. The second-order valence-corrected chi connectivity index (χ2v) is 6.41.